The number of rotatable bonds is 1. The molecule has 3 fully saturated rings. The van der Waals surface area contributed by atoms with Gasteiger partial charge in [-0.1, -0.05) is 13.3 Å². The number of phenols is 1. The Morgan fingerprint density at radius 1 is 1.26 bits per heavy atom. The van der Waals surface area contributed by atoms with Gasteiger partial charge in [0, 0.05) is 48.7 Å². The van der Waals surface area contributed by atoms with E-state index in [-0.39, 0.29) is 0 Å². The Balaban J connectivity index is 1.74. The van der Waals surface area contributed by atoms with Crippen molar-refractivity contribution in [2.75, 3.05) is 13.1 Å². The summed E-state index contributed by atoms with van der Waals surface area (Å²) in [6.07, 6.45) is 5.25. The first kappa shape index (κ1) is 13.9. The number of nitrogens with zero attached hydrogens (tertiary/aromatic N) is 2. The molecule has 3 aliphatic heterocycles. The van der Waals surface area contributed by atoms with Gasteiger partial charge in [-0.25, -0.2) is 0 Å². The lowest BCUT2D eigenvalue weighted by Gasteiger charge is -2.53. The molecule has 1 aromatic heterocycles. The van der Waals surface area contributed by atoms with E-state index in [4.69, 9.17) is 0 Å². The van der Waals surface area contributed by atoms with E-state index in [9.17, 15) is 5.11 Å². The van der Waals surface area contributed by atoms with Crippen LogP contribution < -0.4 is 0 Å². The number of benzene rings is 1. The molecule has 3 heteroatoms. The van der Waals surface area contributed by atoms with Crippen molar-refractivity contribution in [1.29, 1.82) is 0 Å². The molecule has 5 atom stereocenters. The predicted octanol–water partition coefficient (Wildman–Crippen LogP) is 3.64. The molecule has 1 N–H and O–H groups in total. The Hall–Kier alpha value is -1.48. The second-order valence-corrected chi connectivity index (χ2v) is 7.97. The molecule has 4 aliphatic rings. The Morgan fingerprint density at radius 3 is 2.96 bits per heavy atom. The van der Waals surface area contributed by atoms with Crippen LogP contribution in [-0.4, -0.2) is 33.7 Å². The molecule has 3 nitrogen and oxygen atoms in total. The van der Waals surface area contributed by atoms with Gasteiger partial charge in [-0.3, -0.25) is 4.90 Å². The molecule has 1 aromatic carbocycles. The highest BCUT2D eigenvalue weighted by Crippen LogP contribution is 2.51. The fourth-order valence-corrected chi connectivity index (χ4v) is 6.09. The zero-order valence-electron chi connectivity index (χ0n) is 14.1. The van der Waals surface area contributed by atoms with Crippen LogP contribution in [0.4, 0.5) is 0 Å². The first-order chi connectivity index (χ1) is 11.2. The van der Waals surface area contributed by atoms with Crippen LogP contribution in [0.5, 0.6) is 5.75 Å². The second kappa shape index (κ2) is 4.76. The maximum absolute atomic E-state index is 9.96. The highest BCUT2D eigenvalue weighted by molar-refractivity contribution is 5.87. The Bertz CT molecular complexity index is 778. The predicted molar refractivity (Wildman–Crippen MR) is 92.9 cm³/mol. The van der Waals surface area contributed by atoms with Crippen LogP contribution in [0.25, 0.3) is 10.9 Å². The normalized spacial score (nSPS) is 35.3. The number of aryl methyl sites for hydroxylation is 1. The first-order valence-corrected chi connectivity index (χ1v) is 9.21. The minimum atomic E-state index is 0.395. The van der Waals surface area contributed by atoms with Gasteiger partial charge in [0.1, 0.15) is 5.75 Å². The monoisotopic (exact) mass is 310 g/mol. The quantitative estimate of drug-likeness (QED) is 0.871. The molecule has 4 bridgehead atoms. The van der Waals surface area contributed by atoms with Crippen molar-refractivity contribution < 1.29 is 5.11 Å². The molecule has 6 rings (SSSR count). The number of phenolic OH excluding ortho intramolecular Hbond substituents is 1. The van der Waals surface area contributed by atoms with Crippen LogP contribution in [-0.2, 0) is 13.5 Å². The molecule has 0 amide bonds. The zero-order valence-corrected chi connectivity index (χ0v) is 14.1. The van der Waals surface area contributed by atoms with Crippen molar-refractivity contribution in [3.8, 4) is 5.75 Å². The van der Waals surface area contributed by atoms with Crippen molar-refractivity contribution in [1.82, 2.24) is 9.47 Å². The van der Waals surface area contributed by atoms with Crippen molar-refractivity contribution >= 4 is 10.9 Å². The minimum absolute atomic E-state index is 0.395. The number of fused-ring (bicyclic) bond motifs is 4. The number of aromatic nitrogens is 1. The molecule has 2 aromatic rings. The van der Waals surface area contributed by atoms with Crippen LogP contribution >= 0.6 is 0 Å². The summed E-state index contributed by atoms with van der Waals surface area (Å²) in [6.45, 7) is 4.88. The van der Waals surface area contributed by atoms with E-state index in [1.807, 2.05) is 12.1 Å². The van der Waals surface area contributed by atoms with Crippen LogP contribution in [0, 0.1) is 11.8 Å². The van der Waals surface area contributed by atoms with Crippen LogP contribution in [0.1, 0.15) is 43.4 Å². The summed E-state index contributed by atoms with van der Waals surface area (Å²) in [4.78, 5) is 2.80. The minimum Gasteiger partial charge on any atom is -0.508 e. The lowest BCUT2D eigenvalue weighted by molar-refractivity contribution is -0.0140. The van der Waals surface area contributed by atoms with Crippen LogP contribution in [0.15, 0.2) is 18.2 Å². The molecular formula is C20H26N2O. The molecule has 1 saturated carbocycles. The average Bonchev–Trinajstić information content (AvgIpc) is 2.76. The average molecular weight is 310 g/mol. The van der Waals surface area contributed by atoms with Gasteiger partial charge in [-0.2, -0.15) is 0 Å². The van der Waals surface area contributed by atoms with E-state index < -0.39 is 0 Å². The maximum atomic E-state index is 9.96. The van der Waals surface area contributed by atoms with Gasteiger partial charge in [0.05, 0.1) is 0 Å². The second-order valence-electron chi connectivity index (χ2n) is 7.97. The van der Waals surface area contributed by atoms with Gasteiger partial charge in [0.15, 0.2) is 0 Å². The van der Waals surface area contributed by atoms with Gasteiger partial charge < -0.3 is 9.67 Å². The lowest BCUT2D eigenvalue weighted by atomic mass is 9.65. The Morgan fingerprint density at radius 2 is 2.13 bits per heavy atom. The summed E-state index contributed by atoms with van der Waals surface area (Å²) in [7, 11) is 2.23. The third kappa shape index (κ3) is 1.80. The molecule has 23 heavy (non-hydrogen) atoms. The number of hydrogen-bond acceptors (Lipinski definition) is 2. The van der Waals surface area contributed by atoms with E-state index in [0.29, 0.717) is 11.7 Å². The molecule has 1 aliphatic carbocycles. The topological polar surface area (TPSA) is 28.4 Å². The van der Waals surface area contributed by atoms with Gasteiger partial charge in [-0.15, -0.1) is 0 Å². The van der Waals surface area contributed by atoms with Gasteiger partial charge in [-0.05, 0) is 54.9 Å². The van der Waals surface area contributed by atoms with Gasteiger partial charge in [0.25, 0.3) is 0 Å². The highest BCUT2D eigenvalue weighted by atomic mass is 16.3. The molecule has 2 unspecified atom stereocenters. The highest BCUT2D eigenvalue weighted by Gasteiger charge is 2.49. The Kier molecular flexibility index (Phi) is 2.88. The van der Waals surface area contributed by atoms with E-state index in [2.05, 4.69) is 29.5 Å². The smallest absolute Gasteiger partial charge is 0.116 e. The van der Waals surface area contributed by atoms with E-state index in [0.717, 1.165) is 24.3 Å². The number of aromatic hydroxyl groups is 1. The number of hydrogen-bond donors (Lipinski definition) is 1. The van der Waals surface area contributed by atoms with Gasteiger partial charge in [0.2, 0.25) is 0 Å². The third-order valence-corrected chi connectivity index (χ3v) is 6.89. The van der Waals surface area contributed by atoms with Gasteiger partial charge >= 0.3 is 0 Å². The van der Waals surface area contributed by atoms with Crippen molar-refractivity contribution in [3.63, 3.8) is 0 Å². The molecule has 122 valence electrons. The van der Waals surface area contributed by atoms with E-state index in [1.54, 1.807) is 5.69 Å². The maximum Gasteiger partial charge on any atom is 0.116 e. The lowest BCUT2D eigenvalue weighted by Crippen LogP contribution is -2.56. The summed E-state index contributed by atoms with van der Waals surface area (Å²) < 4.78 is 2.44. The summed E-state index contributed by atoms with van der Waals surface area (Å²) in [5.74, 6) is 2.83. The van der Waals surface area contributed by atoms with Crippen LogP contribution in [0.2, 0.25) is 0 Å². The zero-order chi connectivity index (χ0) is 15.7. The molecule has 0 spiro atoms. The third-order valence-electron chi connectivity index (χ3n) is 6.89. The molecule has 2 saturated heterocycles. The SMILES string of the molecule is CC[C@H]1C[C@H]2C[C@H]3c4c(c5cc(O)ccc5n4C)CCN(C2)C13. The Labute approximate surface area is 137 Å². The fraction of sp³-hybridized carbons (Fsp3) is 0.600. The fourth-order valence-electron chi connectivity index (χ4n) is 6.09. The summed E-state index contributed by atoms with van der Waals surface area (Å²) >= 11 is 0. The van der Waals surface area contributed by atoms with E-state index in [1.165, 1.54) is 48.8 Å². The summed E-state index contributed by atoms with van der Waals surface area (Å²) in [5, 5.41) is 11.2. The van der Waals surface area contributed by atoms with Crippen molar-refractivity contribution in [2.45, 2.75) is 44.6 Å². The summed E-state index contributed by atoms with van der Waals surface area (Å²) in [5.41, 5.74) is 4.37. The molecule has 4 heterocycles. The summed E-state index contributed by atoms with van der Waals surface area (Å²) in [6, 6.07) is 6.64. The largest absolute Gasteiger partial charge is 0.508 e. The van der Waals surface area contributed by atoms with Crippen molar-refractivity contribution in [3.05, 3.63) is 29.5 Å². The van der Waals surface area contributed by atoms with E-state index >= 15 is 0 Å². The molecular weight excluding hydrogens is 284 g/mol. The van der Waals surface area contributed by atoms with Crippen LogP contribution in [0.3, 0.4) is 0 Å². The number of piperidine rings is 2. The standard InChI is InChI=1S/C20H26N2O/c1-3-13-8-12-9-17-19(13)22(11-12)7-6-15-16-10-14(23)4-5-18(16)21(2)20(15)17/h4-5,10,12-13,17,19,23H,3,6-9,11H2,1-2H3/t12-,13-,17+,19?/m0/s1. The molecule has 0 radical (unpaired) electrons. The van der Waals surface area contributed by atoms with Crippen molar-refractivity contribution in [2.24, 2.45) is 18.9 Å². The first-order valence-electron chi connectivity index (χ1n) is 9.21.